The van der Waals surface area contributed by atoms with Crippen molar-refractivity contribution in [3.63, 3.8) is 0 Å². The van der Waals surface area contributed by atoms with E-state index in [1.54, 1.807) is 0 Å². The third kappa shape index (κ3) is 1.93. The first kappa shape index (κ1) is 12.1. The molecular weight excluding hydrogens is 200 g/mol. The van der Waals surface area contributed by atoms with Crippen molar-refractivity contribution in [3.05, 3.63) is 11.6 Å². The monoisotopic (exact) mass is 224 g/mol. The molecule has 16 heavy (non-hydrogen) atoms. The molecule has 3 rings (SSSR count). The van der Waals surface area contributed by atoms with Gasteiger partial charge in [0.1, 0.15) is 6.10 Å². The van der Waals surface area contributed by atoms with Crippen LogP contribution in [0.3, 0.4) is 0 Å². The molecule has 0 amide bonds. The molecule has 0 N–H and O–H groups in total. The number of allylic oxidation sites excluding steroid dienone is 1. The maximum atomic E-state index is 5.63. The van der Waals surface area contributed by atoms with Gasteiger partial charge in [0.25, 0.3) is 0 Å². The topological polar surface area (TPSA) is 18.5 Å². The summed E-state index contributed by atoms with van der Waals surface area (Å²) >= 11 is 0. The fourth-order valence-corrected chi connectivity index (χ4v) is 3.08. The summed E-state index contributed by atoms with van der Waals surface area (Å²) in [5.74, 6) is 1.37. The Morgan fingerprint density at radius 3 is 2.38 bits per heavy atom. The molecule has 3 aliphatic rings. The summed E-state index contributed by atoms with van der Waals surface area (Å²) in [7, 11) is 0. The molecule has 2 nitrogen and oxygen atoms in total. The molecule has 0 radical (unpaired) electrons. The molecule has 0 aliphatic heterocycles. The van der Waals surface area contributed by atoms with Crippen LogP contribution in [0.25, 0.3) is 0 Å². The first-order valence-electron chi connectivity index (χ1n) is 6.24. The molecule has 0 heterocycles. The predicted molar refractivity (Wildman–Crippen MR) is 64.8 cm³/mol. The molecule has 2 heteroatoms. The van der Waals surface area contributed by atoms with Crippen LogP contribution < -0.4 is 0 Å². The van der Waals surface area contributed by atoms with Crippen molar-refractivity contribution in [2.75, 3.05) is 0 Å². The van der Waals surface area contributed by atoms with Crippen LogP contribution in [-0.2, 0) is 9.78 Å². The molecule has 0 aromatic heterocycles. The van der Waals surface area contributed by atoms with Crippen molar-refractivity contribution in [1.82, 2.24) is 0 Å². The summed E-state index contributed by atoms with van der Waals surface area (Å²) in [6.07, 6.45) is 3.64. The Morgan fingerprint density at radius 2 is 1.94 bits per heavy atom. The highest BCUT2D eigenvalue weighted by Gasteiger charge is 2.55. The second-order valence-corrected chi connectivity index (χ2v) is 6.88. The van der Waals surface area contributed by atoms with Crippen LogP contribution in [0.1, 0.15) is 48.0 Å². The van der Waals surface area contributed by atoms with Gasteiger partial charge in [0.05, 0.1) is 5.60 Å². The number of rotatable bonds is 2. The zero-order chi connectivity index (χ0) is 12.1. The van der Waals surface area contributed by atoms with Gasteiger partial charge >= 0.3 is 0 Å². The highest BCUT2D eigenvalue weighted by atomic mass is 17.2. The highest BCUT2D eigenvalue weighted by Crippen LogP contribution is 2.59. The van der Waals surface area contributed by atoms with Gasteiger partial charge in [-0.25, -0.2) is 9.78 Å². The summed E-state index contributed by atoms with van der Waals surface area (Å²) < 4.78 is 0. The maximum Gasteiger partial charge on any atom is 0.115 e. The van der Waals surface area contributed by atoms with Crippen LogP contribution in [0.2, 0.25) is 0 Å². The molecule has 92 valence electrons. The first-order valence-corrected chi connectivity index (χ1v) is 6.24. The third-order valence-corrected chi connectivity index (χ3v) is 4.13. The van der Waals surface area contributed by atoms with E-state index in [4.69, 9.17) is 9.78 Å². The standard InChI is InChI=1S/C14H24O2/c1-9-7-12(15-16-13(2,3)4)11-8-10(9)14(11,5)6/h7,10-12H,8H2,1-6H3. The normalized spacial score (nSPS) is 36.6. The van der Waals surface area contributed by atoms with E-state index >= 15 is 0 Å². The van der Waals surface area contributed by atoms with Gasteiger partial charge in [-0.2, -0.15) is 0 Å². The molecule has 3 aliphatic carbocycles. The number of fused-ring (bicyclic) bond motifs is 1. The minimum absolute atomic E-state index is 0.138. The van der Waals surface area contributed by atoms with Gasteiger partial charge in [-0.05, 0) is 51.4 Å². The average Bonchev–Trinajstić information content (AvgIpc) is 2.12. The lowest BCUT2D eigenvalue weighted by Crippen LogP contribution is -2.54. The van der Waals surface area contributed by atoms with E-state index < -0.39 is 0 Å². The van der Waals surface area contributed by atoms with Crippen molar-refractivity contribution in [2.45, 2.75) is 59.7 Å². The van der Waals surface area contributed by atoms with Crippen LogP contribution >= 0.6 is 0 Å². The van der Waals surface area contributed by atoms with Crippen LogP contribution in [0.4, 0.5) is 0 Å². The van der Waals surface area contributed by atoms with Gasteiger partial charge in [-0.1, -0.05) is 25.5 Å². The molecule has 0 spiro atoms. The van der Waals surface area contributed by atoms with Gasteiger partial charge in [0.2, 0.25) is 0 Å². The SMILES string of the molecule is CC1=CC(OOC(C)(C)C)C2CC1C2(C)C. The Kier molecular flexibility index (Phi) is 2.71. The van der Waals surface area contributed by atoms with Crippen LogP contribution in [0, 0.1) is 17.3 Å². The van der Waals surface area contributed by atoms with E-state index in [1.165, 1.54) is 12.0 Å². The molecular formula is C14H24O2. The quantitative estimate of drug-likeness (QED) is 0.404. The zero-order valence-corrected chi connectivity index (χ0v) is 11.3. The number of hydrogen-bond acceptors (Lipinski definition) is 2. The average molecular weight is 224 g/mol. The first-order chi connectivity index (χ1) is 7.22. The molecule has 2 bridgehead atoms. The summed E-state index contributed by atoms with van der Waals surface area (Å²) in [4.78, 5) is 11.1. The van der Waals surface area contributed by atoms with E-state index in [0.29, 0.717) is 11.3 Å². The van der Waals surface area contributed by atoms with E-state index in [-0.39, 0.29) is 11.7 Å². The Balaban J connectivity index is 2.04. The minimum Gasteiger partial charge on any atom is -0.230 e. The molecule has 3 unspecified atom stereocenters. The lowest BCUT2D eigenvalue weighted by molar-refractivity contribution is -0.383. The molecule has 1 fully saturated rings. The molecule has 0 aromatic rings. The van der Waals surface area contributed by atoms with Crippen molar-refractivity contribution < 1.29 is 9.78 Å². The van der Waals surface area contributed by atoms with E-state index in [9.17, 15) is 0 Å². The van der Waals surface area contributed by atoms with Crippen molar-refractivity contribution in [1.29, 1.82) is 0 Å². The lowest BCUT2D eigenvalue weighted by Gasteiger charge is -2.58. The minimum atomic E-state index is -0.230. The van der Waals surface area contributed by atoms with Gasteiger partial charge in [-0.3, -0.25) is 0 Å². The largest absolute Gasteiger partial charge is 0.230 e. The maximum absolute atomic E-state index is 5.63. The third-order valence-electron chi connectivity index (χ3n) is 4.13. The molecule has 0 saturated heterocycles. The Bertz CT molecular complexity index is 309. The summed E-state index contributed by atoms with van der Waals surface area (Å²) in [5.41, 5.74) is 1.62. The molecule has 3 atom stereocenters. The van der Waals surface area contributed by atoms with Crippen molar-refractivity contribution in [3.8, 4) is 0 Å². The van der Waals surface area contributed by atoms with Crippen LogP contribution in [0.5, 0.6) is 0 Å². The predicted octanol–water partition coefficient (Wildman–Crippen LogP) is 3.72. The van der Waals surface area contributed by atoms with Crippen molar-refractivity contribution >= 4 is 0 Å². The lowest BCUT2D eigenvalue weighted by atomic mass is 9.48. The molecule has 0 aromatic carbocycles. The summed E-state index contributed by atoms with van der Waals surface area (Å²) in [6.45, 7) is 12.9. The fourth-order valence-electron chi connectivity index (χ4n) is 3.08. The second kappa shape index (κ2) is 3.58. The summed E-state index contributed by atoms with van der Waals surface area (Å²) in [6, 6.07) is 0. The Morgan fingerprint density at radius 1 is 1.31 bits per heavy atom. The fraction of sp³-hybridized carbons (Fsp3) is 0.857. The van der Waals surface area contributed by atoms with Crippen molar-refractivity contribution in [2.24, 2.45) is 17.3 Å². The van der Waals surface area contributed by atoms with Gasteiger partial charge in [-0.15, -0.1) is 0 Å². The van der Waals surface area contributed by atoms with Gasteiger partial charge in [0, 0.05) is 0 Å². The molecule has 1 saturated carbocycles. The smallest absolute Gasteiger partial charge is 0.115 e. The number of hydrogen-bond donors (Lipinski definition) is 0. The van der Waals surface area contributed by atoms with E-state index in [0.717, 1.165) is 5.92 Å². The Hall–Kier alpha value is -0.340. The van der Waals surface area contributed by atoms with E-state index in [2.05, 4.69) is 26.8 Å². The van der Waals surface area contributed by atoms with Gasteiger partial charge < -0.3 is 0 Å². The summed E-state index contributed by atoms with van der Waals surface area (Å²) in [5, 5.41) is 0. The van der Waals surface area contributed by atoms with Gasteiger partial charge in [0.15, 0.2) is 0 Å². The zero-order valence-electron chi connectivity index (χ0n) is 11.3. The second-order valence-electron chi connectivity index (χ2n) is 6.88. The van der Waals surface area contributed by atoms with Crippen LogP contribution in [0.15, 0.2) is 11.6 Å². The van der Waals surface area contributed by atoms with Crippen LogP contribution in [-0.4, -0.2) is 11.7 Å². The Labute approximate surface area is 98.9 Å². The van der Waals surface area contributed by atoms with E-state index in [1.807, 2.05) is 20.8 Å². The highest BCUT2D eigenvalue weighted by molar-refractivity contribution is 5.25.